The van der Waals surface area contributed by atoms with E-state index in [0.717, 1.165) is 10.9 Å². The zero-order valence-corrected chi connectivity index (χ0v) is 11.6. The highest BCUT2D eigenvalue weighted by atomic mass is 19.3. The van der Waals surface area contributed by atoms with Crippen LogP contribution in [0.2, 0.25) is 0 Å². The predicted molar refractivity (Wildman–Crippen MR) is 77.5 cm³/mol. The van der Waals surface area contributed by atoms with Gasteiger partial charge < -0.3 is 15.4 Å². The second-order valence-electron chi connectivity index (χ2n) is 5.43. The Morgan fingerprint density at radius 1 is 1.24 bits per heavy atom. The quantitative estimate of drug-likeness (QED) is 0.805. The first-order chi connectivity index (χ1) is 10.1. The number of aromatic nitrogens is 1. The molecule has 1 atom stereocenters. The Morgan fingerprint density at radius 2 is 2.00 bits per heavy atom. The maximum absolute atomic E-state index is 14.3. The molecule has 0 spiro atoms. The lowest BCUT2D eigenvalue weighted by atomic mass is 9.97. The third-order valence-corrected chi connectivity index (χ3v) is 4.02. The number of benzene rings is 1. The topological polar surface area (TPSA) is 51.3 Å². The Kier molecular flexibility index (Phi) is 3.93. The number of H-pyrrole nitrogens is 1. The summed E-state index contributed by atoms with van der Waals surface area (Å²) in [7, 11) is 0. The number of aliphatic hydroxyl groups excluding tert-OH is 1. The number of nitrogens with one attached hydrogen (secondary N) is 2. The molecule has 114 valence electrons. The minimum absolute atomic E-state index is 0.544. The Balaban J connectivity index is 2.00. The van der Waals surface area contributed by atoms with E-state index in [4.69, 9.17) is 5.11 Å². The minimum Gasteiger partial charge on any atom is -0.390 e. The van der Waals surface area contributed by atoms with E-state index in [0.29, 0.717) is 31.7 Å². The predicted octanol–water partition coefficient (Wildman–Crippen LogP) is 1.74. The molecule has 21 heavy (non-hydrogen) atoms. The molecule has 0 amide bonds. The van der Waals surface area contributed by atoms with Crippen LogP contribution in [0.25, 0.3) is 10.9 Å². The van der Waals surface area contributed by atoms with Crippen molar-refractivity contribution < 1.29 is 13.9 Å². The molecule has 2 aromatic rings. The fraction of sp³-hybridized carbons (Fsp3) is 0.467. The first-order valence-corrected chi connectivity index (χ1v) is 7.12. The highest BCUT2D eigenvalue weighted by Crippen LogP contribution is 2.37. The van der Waals surface area contributed by atoms with Gasteiger partial charge in [0.25, 0.3) is 5.92 Å². The van der Waals surface area contributed by atoms with Crippen molar-refractivity contribution in [3.8, 4) is 0 Å². The number of piperazine rings is 1. The van der Waals surface area contributed by atoms with Gasteiger partial charge in [0.05, 0.1) is 0 Å². The molecule has 1 aliphatic heterocycles. The average Bonchev–Trinajstić information content (AvgIpc) is 2.96. The number of alkyl halides is 2. The maximum Gasteiger partial charge on any atom is 0.289 e. The molecule has 3 rings (SSSR count). The average molecular weight is 295 g/mol. The molecule has 0 bridgehead atoms. The number of nitrogens with zero attached hydrogens (tertiary/aromatic N) is 1. The van der Waals surface area contributed by atoms with E-state index in [-0.39, 0.29) is 0 Å². The number of aliphatic hydroxyl groups is 1. The van der Waals surface area contributed by atoms with E-state index < -0.39 is 18.6 Å². The molecule has 3 N–H and O–H groups in total. The van der Waals surface area contributed by atoms with Crippen LogP contribution in [0, 0.1) is 0 Å². The Bertz CT molecular complexity index is 608. The molecule has 0 saturated carbocycles. The van der Waals surface area contributed by atoms with Crippen molar-refractivity contribution in [3.05, 3.63) is 36.0 Å². The second-order valence-corrected chi connectivity index (χ2v) is 5.43. The normalized spacial score (nSPS) is 19.0. The molecule has 1 saturated heterocycles. The molecule has 6 heteroatoms. The third kappa shape index (κ3) is 2.79. The molecular formula is C15H19F2N3O. The van der Waals surface area contributed by atoms with E-state index in [9.17, 15) is 8.78 Å². The third-order valence-electron chi connectivity index (χ3n) is 4.02. The van der Waals surface area contributed by atoms with Gasteiger partial charge in [-0.25, -0.2) is 8.78 Å². The molecule has 0 radical (unpaired) electrons. The summed E-state index contributed by atoms with van der Waals surface area (Å²) in [5.74, 6) is -3.17. The Hall–Kier alpha value is -1.50. The fourth-order valence-corrected chi connectivity index (χ4v) is 2.99. The Morgan fingerprint density at radius 3 is 2.71 bits per heavy atom. The molecule has 0 aliphatic carbocycles. The van der Waals surface area contributed by atoms with Crippen LogP contribution in [0.15, 0.2) is 30.5 Å². The molecule has 0 unspecified atom stereocenters. The lowest BCUT2D eigenvalue weighted by molar-refractivity contribution is -0.118. The van der Waals surface area contributed by atoms with Crippen LogP contribution in [0.1, 0.15) is 11.6 Å². The molecule has 2 heterocycles. The van der Waals surface area contributed by atoms with Gasteiger partial charge in [-0.2, -0.15) is 0 Å². The summed E-state index contributed by atoms with van der Waals surface area (Å²) in [5, 5.41) is 13.2. The number of aromatic amines is 1. The molecule has 1 aliphatic rings. The maximum atomic E-state index is 14.3. The summed E-state index contributed by atoms with van der Waals surface area (Å²) in [4.78, 5) is 4.81. The van der Waals surface area contributed by atoms with E-state index in [1.165, 1.54) is 0 Å². The van der Waals surface area contributed by atoms with Crippen LogP contribution in [-0.4, -0.2) is 53.7 Å². The second kappa shape index (κ2) is 5.71. The summed E-state index contributed by atoms with van der Waals surface area (Å²) >= 11 is 0. The monoisotopic (exact) mass is 295 g/mol. The highest BCUT2D eigenvalue weighted by molar-refractivity contribution is 5.80. The largest absolute Gasteiger partial charge is 0.390 e. The van der Waals surface area contributed by atoms with E-state index in [1.807, 2.05) is 12.1 Å². The van der Waals surface area contributed by atoms with E-state index >= 15 is 0 Å². The number of rotatable bonds is 4. The van der Waals surface area contributed by atoms with Gasteiger partial charge >= 0.3 is 0 Å². The van der Waals surface area contributed by atoms with Crippen LogP contribution in [-0.2, 0) is 0 Å². The van der Waals surface area contributed by atoms with Crippen LogP contribution in [0.3, 0.4) is 0 Å². The van der Waals surface area contributed by atoms with E-state index in [1.54, 1.807) is 23.2 Å². The van der Waals surface area contributed by atoms with Crippen molar-refractivity contribution >= 4 is 10.9 Å². The molecule has 1 aromatic heterocycles. The minimum atomic E-state index is -3.17. The molecule has 4 nitrogen and oxygen atoms in total. The first-order valence-electron chi connectivity index (χ1n) is 7.12. The first kappa shape index (κ1) is 14.4. The van der Waals surface area contributed by atoms with Gasteiger partial charge in [0.1, 0.15) is 12.6 Å². The summed E-state index contributed by atoms with van der Waals surface area (Å²) in [6.07, 6.45) is 1.79. The zero-order valence-electron chi connectivity index (χ0n) is 11.6. The van der Waals surface area contributed by atoms with Crippen molar-refractivity contribution in [1.29, 1.82) is 0 Å². The Labute approximate surface area is 121 Å². The van der Waals surface area contributed by atoms with E-state index in [2.05, 4.69) is 10.3 Å². The molecular weight excluding hydrogens is 276 g/mol. The SMILES string of the molecule is OCC(F)(F)[C@H](c1ccc2[nH]ccc2c1)N1CCNCC1. The van der Waals surface area contributed by atoms with Crippen LogP contribution >= 0.6 is 0 Å². The van der Waals surface area contributed by atoms with Crippen LogP contribution in [0.4, 0.5) is 8.78 Å². The number of hydrogen-bond acceptors (Lipinski definition) is 3. The van der Waals surface area contributed by atoms with Crippen LogP contribution in [0.5, 0.6) is 0 Å². The lowest BCUT2D eigenvalue weighted by Gasteiger charge is -2.38. The van der Waals surface area contributed by atoms with Gasteiger partial charge in [-0.3, -0.25) is 4.90 Å². The zero-order chi connectivity index (χ0) is 14.9. The summed E-state index contributed by atoms with van der Waals surface area (Å²) < 4.78 is 28.6. The highest BCUT2D eigenvalue weighted by Gasteiger charge is 2.44. The van der Waals surface area contributed by atoms with Crippen molar-refractivity contribution in [2.75, 3.05) is 32.8 Å². The summed E-state index contributed by atoms with van der Waals surface area (Å²) in [5.41, 5.74) is 1.47. The van der Waals surface area contributed by atoms with Crippen molar-refractivity contribution in [2.24, 2.45) is 0 Å². The molecule has 1 aromatic carbocycles. The van der Waals surface area contributed by atoms with Gasteiger partial charge in [0.2, 0.25) is 0 Å². The fourth-order valence-electron chi connectivity index (χ4n) is 2.99. The summed E-state index contributed by atoms with van der Waals surface area (Å²) in [6, 6.07) is 6.08. The number of hydrogen-bond donors (Lipinski definition) is 3. The van der Waals surface area contributed by atoms with Gasteiger partial charge in [0.15, 0.2) is 0 Å². The van der Waals surface area contributed by atoms with Gasteiger partial charge in [-0.1, -0.05) is 6.07 Å². The van der Waals surface area contributed by atoms with Gasteiger partial charge in [0, 0.05) is 37.9 Å². The number of fused-ring (bicyclic) bond motifs is 1. The number of halogens is 2. The van der Waals surface area contributed by atoms with Gasteiger partial charge in [-0.05, 0) is 29.1 Å². The lowest BCUT2D eigenvalue weighted by Crippen LogP contribution is -2.51. The van der Waals surface area contributed by atoms with Gasteiger partial charge in [-0.15, -0.1) is 0 Å². The van der Waals surface area contributed by atoms with Crippen molar-refractivity contribution in [1.82, 2.24) is 15.2 Å². The summed E-state index contributed by atoms with van der Waals surface area (Å²) in [6.45, 7) is 1.32. The van der Waals surface area contributed by atoms with Crippen LogP contribution < -0.4 is 5.32 Å². The van der Waals surface area contributed by atoms with Crippen molar-refractivity contribution in [3.63, 3.8) is 0 Å². The standard InChI is InChI=1S/C15H19F2N3O/c16-15(17,10-21)14(20-7-5-18-6-8-20)12-1-2-13-11(9-12)3-4-19-13/h1-4,9,14,18-19,21H,5-8,10H2/t14-/m0/s1. The smallest absolute Gasteiger partial charge is 0.289 e. The molecule has 1 fully saturated rings. The van der Waals surface area contributed by atoms with Crippen molar-refractivity contribution in [2.45, 2.75) is 12.0 Å².